The molecule has 3 amide bonds. The molecule has 2 N–H and O–H groups in total. The third kappa shape index (κ3) is 4.25. The summed E-state index contributed by atoms with van der Waals surface area (Å²) < 4.78 is 0. The lowest BCUT2D eigenvalue weighted by Crippen LogP contribution is -2.37. The second-order valence-electron chi connectivity index (χ2n) is 4.68. The molecule has 0 atom stereocenters. The molecule has 7 nitrogen and oxygen atoms in total. The number of nitrogens with zero attached hydrogens (tertiary/aromatic N) is 2. The Hall–Kier alpha value is -1.96. The van der Waals surface area contributed by atoms with Crippen molar-refractivity contribution in [1.29, 1.82) is 0 Å². The van der Waals surface area contributed by atoms with Crippen LogP contribution in [0.2, 0.25) is 0 Å². The maximum absolute atomic E-state index is 11.7. The monoisotopic (exact) mass is 310 g/mol. The minimum absolute atomic E-state index is 0.0335. The van der Waals surface area contributed by atoms with Crippen molar-refractivity contribution in [3.05, 3.63) is 11.1 Å². The minimum Gasteiger partial charge on any atom is -0.355 e. The Kier molecular flexibility index (Phi) is 5.26. The summed E-state index contributed by atoms with van der Waals surface area (Å²) in [7, 11) is 0. The lowest BCUT2D eigenvalue weighted by Gasteiger charge is -2.10. The zero-order valence-electron chi connectivity index (χ0n) is 11.8. The Morgan fingerprint density at radius 1 is 1.38 bits per heavy atom. The average Bonchev–Trinajstić information content (AvgIpc) is 3.05. The number of likely N-dealkylation sites (N-methyl/N-ethyl adjacent to an activating group) is 1. The van der Waals surface area contributed by atoms with E-state index >= 15 is 0 Å². The summed E-state index contributed by atoms with van der Waals surface area (Å²) in [4.78, 5) is 40.5. The van der Waals surface area contributed by atoms with E-state index in [4.69, 9.17) is 0 Å². The van der Waals surface area contributed by atoms with Gasteiger partial charge in [-0.1, -0.05) is 0 Å². The van der Waals surface area contributed by atoms with Gasteiger partial charge in [0.25, 0.3) is 0 Å². The first-order valence-corrected chi connectivity index (χ1v) is 7.76. The quantitative estimate of drug-likeness (QED) is 0.777. The molecule has 2 rings (SSSR count). The predicted octanol–water partition coefficient (Wildman–Crippen LogP) is 0.0647. The number of carbonyl (C=O) groups is 3. The zero-order valence-corrected chi connectivity index (χ0v) is 12.7. The topological polar surface area (TPSA) is 91.4 Å². The number of aromatic nitrogens is 1. The molecule has 21 heavy (non-hydrogen) atoms. The molecule has 0 saturated carbocycles. The van der Waals surface area contributed by atoms with Gasteiger partial charge < -0.3 is 10.6 Å². The van der Waals surface area contributed by atoms with Crippen molar-refractivity contribution in [1.82, 2.24) is 15.6 Å². The van der Waals surface area contributed by atoms with E-state index in [1.54, 1.807) is 10.3 Å². The average molecular weight is 310 g/mol. The Balaban J connectivity index is 1.83. The van der Waals surface area contributed by atoms with Gasteiger partial charge in [-0.05, 0) is 13.3 Å². The van der Waals surface area contributed by atoms with E-state index in [1.165, 1.54) is 11.3 Å². The molecule has 0 radical (unpaired) electrons. The van der Waals surface area contributed by atoms with Crippen LogP contribution in [0.5, 0.6) is 0 Å². The van der Waals surface area contributed by atoms with E-state index in [2.05, 4.69) is 15.6 Å². The van der Waals surface area contributed by atoms with Crippen LogP contribution in [0.4, 0.5) is 5.13 Å². The number of anilines is 1. The van der Waals surface area contributed by atoms with Crippen LogP contribution in [0.15, 0.2) is 5.38 Å². The van der Waals surface area contributed by atoms with Crippen LogP contribution >= 0.6 is 11.3 Å². The van der Waals surface area contributed by atoms with Crippen molar-refractivity contribution in [2.75, 3.05) is 24.5 Å². The lowest BCUT2D eigenvalue weighted by molar-refractivity contribution is -0.125. The van der Waals surface area contributed by atoms with Crippen LogP contribution in [-0.4, -0.2) is 42.3 Å². The predicted molar refractivity (Wildman–Crippen MR) is 79.1 cm³/mol. The highest BCUT2D eigenvalue weighted by Crippen LogP contribution is 2.25. The van der Waals surface area contributed by atoms with E-state index in [0.29, 0.717) is 30.3 Å². The summed E-state index contributed by atoms with van der Waals surface area (Å²) in [6.45, 7) is 3.01. The Labute approximate surface area is 126 Å². The van der Waals surface area contributed by atoms with Crippen LogP contribution in [0.1, 0.15) is 25.5 Å². The molecule has 1 fully saturated rings. The second-order valence-corrected chi connectivity index (χ2v) is 5.51. The smallest absolute Gasteiger partial charge is 0.239 e. The fraction of sp³-hybridized carbons (Fsp3) is 0.538. The van der Waals surface area contributed by atoms with Crippen molar-refractivity contribution in [2.24, 2.45) is 0 Å². The molecule has 0 aliphatic carbocycles. The summed E-state index contributed by atoms with van der Waals surface area (Å²) in [5.41, 5.74) is 0.614. The van der Waals surface area contributed by atoms with Gasteiger partial charge in [0.1, 0.15) is 0 Å². The standard InChI is InChI=1S/C13H18N4O3S/c1-2-14-11(19)7-15-10(18)6-9-8-21-13(16-9)17-5-3-4-12(17)20/h8H,2-7H2,1H3,(H,14,19)(H,15,18). The maximum Gasteiger partial charge on any atom is 0.239 e. The Morgan fingerprint density at radius 3 is 2.86 bits per heavy atom. The van der Waals surface area contributed by atoms with Crippen molar-refractivity contribution in [3.8, 4) is 0 Å². The summed E-state index contributed by atoms with van der Waals surface area (Å²) >= 11 is 1.36. The first-order valence-electron chi connectivity index (χ1n) is 6.88. The molecule has 1 aliphatic heterocycles. The number of amides is 3. The molecule has 1 aromatic heterocycles. The van der Waals surface area contributed by atoms with Gasteiger partial charge in [0.15, 0.2) is 5.13 Å². The molecular weight excluding hydrogens is 292 g/mol. The van der Waals surface area contributed by atoms with Crippen molar-refractivity contribution < 1.29 is 14.4 Å². The molecule has 8 heteroatoms. The van der Waals surface area contributed by atoms with Gasteiger partial charge in [0.05, 0.1) is 18.7 Å². The van der Waals surface area contributed by atoms with E-state index in [0.717, 1.165) is 6.42 Å². The van der Waals surface area contributed by atoms with Crippen molar-refractivity contribution in [2.45, 2.75) is 26.2 Å². The number of carbonyl (C=O) groups excluding carboxylic acids is 3. The highest BCUT2D eigenvalue weighted by Gasteiger charge is 2.24. The third-order valence-electron chi connectivity index (χ3n) is 3.01. The first-order chi connectivity index (χ1) is 10.1. The van der Waals surface area contributed by atoms with Crippen molar-refractivity contribution >= 4 is 34.2 Å². The molecule has 0 unspecified atom stereocenters. The number of rotatable bonds is 6. The van der Waals surface area contributed by atoms with Gasteiger partial charge >= 0.3 is 0 Å². The fourth-order valence-corrected chi connectivity index (χ4v) is 2.89. The Bertz CT molecular complexity index is 543. The third-order valence-corrected chi connectivity index (χ3v) is 3.92. The van der Waals surface area contributed by atoms with Crippen LogP contribution in [0, 0.1) is 0 Å². The SMILES string of the molecule is CCNC(=O)CNC(=O)Cc1csc(N2CCCC2=O)n1. The van der Waals surface area contributed by atoms with Gasteiger partial charge in [-0.25, -0.2) is 4.98 Å². The molecular formula is C13H18N4O3S. The minimum atomic E-state index is -0.258. The first kappa shape index (κ1) is 15.4. The number of nitrogens with one attached hydrogen (secondary N) is 2. The van der Waals surface area contributed by atoms with Crippen LogP contribution in [0.25, 0.3) is 0 Å². The van der Waals surface area contributed by atoms with E-state index in [-0.39, 0.29) is 30.7 Å². The lowest BCUT2D eigenvalue weighted by atomic mass is 10.3. The maximum atomic E-state index is 11.7. The fourth-order valence-electron chi connectivity index (χ4n) is 2.02. The molecule has 0 bridgehead atoms. The number of hydrogen-bond donors (Lipinski definition) is 2. The number of thiazole rings is 1. The Morgan fingerprint density at radius 2 is 2.19 bits per heavy atom. The number of hydrogen-bond acceptors (Lipinski definition) is 5. The van der Waals surface area contributed by atoms with Crippen molar-refractivity contribution in [3.63, 3.8) is 0 Å². The normalized spacial score (nSPS) is 14.3. The van der Waals surface area contributed by atoms with Gasteiger partial charge in [-0.3, -0.25) is 19.3 Å². The molecule has 1 saturated heterocycles. The van der Waals surface area contributed by atoms with Crippen LogP contribution in [-0.2, 0) is 20.8 Å². The molecule has 2 heterocycles. The second kappa shape index (κ2) is 7.16. The summed E-state index contributed by atoms with van der Waals surface area (Å²) in [6, 6.07) is 0. The molecule has 114 valence electrons. The molecule has 0 aromatic carbocycles. The molecule has 1 aliphatic rings. The van der Waals surface area contributed by atoms with Crippen LogP contribution in [0.3, 0.4) is 0 Å². The van der Waals surface area contributed by atoms with E-state index in [9.17, 15) is 14.4 Å². The molecule has 1 aromatic rings. The summed E-state index contributed by atoms with van der Waals surface area (Å²) in [5.74, 6) is -0.394. The largest absolute Gasteiger partial charge is 0.355 e. The van der Waals surface area contributed by atoms with Gasteiger partial charge in [0, 0.05) is 24.9 Å². The van der Waals surface area contributed by atoms with Gasteiger partial charge in [-0.15, -0.1) is 11.3 Å². The summed E-state index contributed by atoms with van der Waals surface area (Å²) in [6.07, 6.45) is 1.51. The van der Waals surface area contributed by atoms with Gasteiger partial charge in [-0.2, -0.15) is 0 Å². The van der Waals surface area contributed by atoms with E-state index < -0.39 is 0 Å². The summed E-state index contributed by atoms with van der Waals surface area (Å²) in [5, 5.41) is 7.55. The van der Waals surface area contributed by atoms with Gasteiger partial charge in [0.2, 0.25) is 17.7 Å². The zero-order chi connectivity index (χ0) is 15.2. The van der Waals surface area contributed by atoms with Crippen LogP contribution < -0.4 is 15.5 Å². The highest BCUT2D eigenvalue weighted by atomic mass is 32.1. The highest BCUT2D eigenvalue weighted by molar-refractivity contribution is 7.14. The molecule has 0 spiro atoms. The van der Waals surface area contributed by atoms with E-state index in [1.807, 2.05) is 6.92 Å².